The van der Waals surface area contributed by atoms with E-state index in [0.29, 0.717) is 29.7 Å². The van der Waals surface area contributed by atoms with Crippen LogP contribution in [0.1, 0.15) is 33.1 Å². The molecule has 0 spiro atoms. The SMILES string of the molecule is CC(C)CNc1ccc([N+](=O)[O-])c(Nc2ccc(N3CCCCC3)c(F)c2)n1. The Labute approximate surface area is 164 Å². The molecule has 150 valence electrons. The number of nitrogens with one attached hydrogen (secondary N) is 2. The number of benzene rings is 1. The molecule has 0 bridgehead atoms. The van der Waals surface area contributed by atoms with Gasteiger partial charge in [-0.05, 0) is 49.4 Å². The van der Waals surface area contributed by atoms with E-state index in [2.05, 4.69) is 29.5 Å². The normalized spacial score (nSPS) is 14.2. The van der Waals surface area contributed by atoms with E-state index >= 15 is 0 Å². The average Bonchev–Trinajstić information content (AvgIpc) is 2.67. The van der Waals surface area contributed by atoms with Gasteiger partial charge < -0.3 is 15.5 Å². The van der Waals surface area contributed by atoms with Crippen LogP contribution in [-0.4, -0.2) is 29.5 Å². The molecule has 7 nitrogen and oxygen atoms in total. The second kappa shape index (κ2) is 8.86. The third-order valence-corrected chi connectivity index (χ3v) is 4.67. The first kappa shape index (κ1) is 19.9. The molecule has 8 heteroatoms. The van der Waals surface area contributed by atoms with Gasteiger partial charge in [0.05, 0.1) is 10.6 Å². The summed E-state index contributed by atoms with van der Waals surface area (Å²) in [6, 6.07) is 7.79. The van der Waals surface area contributed by atoms with Crippen molar-refractivity contribution in [1.29, 1.82) is 0 Å². The number of nitro groups is 1. The Morgan fingerprint density at radius 2 is 1.96 bits per heavy atom. The second-order valence-electron chi connectivity index (χ2n) is 7.43. The molecule has 1 aliphatic heterocycles. The van der Waals surface area contributed by atoms with Gasteiger partial charge in [0.15, 0.2) is 0 Å². The van der Waals surface area contributed by atoms with Crippen molar-refractivity contribution in [1.82, 2.24) is 4.98 Å². The van der Waals surface area contributed by atoms with Crippen LogP contribution in [0.25, 0.3) is 0 Å². The zero-order chi connectivity index (χ0) is 20.1. The third-order valence-electron chi connectivity index (χ3n) is 4.67. The molecule has 0 saturated carbocycles. The monoisotopic (exact) mass is 387 g/mol. The molecule has 1 aromatic heterocycles. The summed E-state index contributed by atoms with van der Waals surface area (Å²) in [6.07, 6.45) is 3.30. The molecule has 28 heavy (non-hydrogen) atoms. The Kier molecular flexibility index (Phi) is 6.28. The van der Waals surface area contributed by atoms with Gasteiger partial charge in [0.2, 0.25) is 5.82 Å². The van der Waals surface area contributed by atoms with E-state index in [9.17, 15) is 14.5 Å². The molecule has 1 aromatic carbocycles. The molecule has 2 N–H and O–H groups in total. The van der Waals surface area contributed by atoms with Crippen molar-refractivity contribution in [3.05, 3.63) is 46.3 Å². The van der Waals surface area contributed by atoms with Crippen LogP contribution < -0.4 is 15.5 Å². The third kappa shape index (κ3) is 4.88. The summed E-state index contributed by atoms with van der Waals surface area (Å²) in [6.45, 7) is 6.51. The van der Waals surface area contributed by atoms with Gasteiger partial charge in [-0.2, -0.15) is 0 Å². The van der Waals surface area contributed by atoms with Crippen molar-refractivity contribution in [3.63, 3.8) is 0 Å². The Morgan fingerprint density at radius 1 is 1.21 bits per heavy atom. The van der Waals surface area contributed by atoms with Crippen LogP contribution in [-0.2, 0) is 0 Å². The summed E-state index contributed by atoms with van der Waals surface area (Å²) in [4.78, 5) is 17.2. The zero-order valence-corrected chi connectivity index (χ0v) is 16.2. The van der Waals surface area contributed by atoms with E-state index in [1.807, 2.05) is 4.90 Å². The van der Waals surface area contributed by atoms with Gasteiger partial charge in [-0.25, -0.2) is 9.37 Å². The molecule has 1 fully saturated rings. The van der Waals surface area contributed by atoms with Gasteiger partial charge in [0.1, 0.15) is 11.6 Å². The molecule has 3 rings (SSSR count). The fourth-order valence-corrected chi connectivity index (χ4v) is 3.21. The van der Waals surface area contributed by atoms with Crippen LogP contribution in [0.4, 0.5) is 33.1 Å². The zero-order valence-electron chi connectivity index (χ0n) is 16.2. The molecule has 2 heterocycles. The van der Waals surface area contributed by atoms with Crippen LogP contribution in [0, 0.1) is 21.8 Å². The van der Waals surface area contributed by atoms with Crippen molar-refractivity contribution in [2.24, 2.45) is 5.92 Å². The van der Waals surface area contributed by atoms with Gasteiger partial charge in [-0.15, -0.1) is 0 Å². The van der Waals surface area contributed by atoms with E-state index in [4.69, 9.17) is 0 Å². The lowest BCUT2D eigenvalue weighted by atomic mass is 10.1. The standard InChI is InChI=1S/C20H26FN5O2/c1-14(2)13-22-19-9-8-18(26(27)28)20(24-19)23-15-6-7-17(16(21)12-15)25-10-4-3-5-11-25/h6-9,12,14H,3-5,10-11,13H2,1-2H3,(H2,22,23,24). The highest BCUT2D eigenvalue weighted by atomic mass is 19.1. The number of rotatable bonds is 7. The van der Waals surface area contributed by atoms with E-state index in [-0.39, 0.29) is 17.3 Å². The summed E-state index contributed by atoms with van der Waals surface area (Å²) in [5.74, 6) is 0.685. The van der Waals surface area contributed by atoms with Gasteiger partial charge >= 0.3 is 5.69 Å². The topological polar surface area (TPSA) is 83.3 Å². The predicted molar refractivity (Wildman–Crippen MR) is 110 cm³/mol. The molecule has 0 amide bonds. The fourth-order valence-electron chi connectivity index (χ4n) is 3.21. The molecule has 1 saturated heterocycles. The van der Waals surface area contributed by atoms with Crippen LogP contribution >= 0.6 is 0 Å². The molecule has 2 aromatic rings. The van der Waals surface area contributed by atoms with Crippen molar-refractivity contribution < 1.29 is 9.31 Å². The number of anilines is 4. The molecular formula is C20H26FN5O2. The maximum Gasteiger partial charge on any atom is 0.311 e. The summed E-state index contributed by atoms with van der Waals surface area (Å²) >= 11 is 0. The van der Waals surface area contributed by atoms with Crippen molar-refractivity contribution >= 4 is 28.7 Å². The summed E-state index contributed by atoms with van der Waals surface area (Å²) in [7, 11) is 0. The van der Waals surface area contributed by atoms with Gasteiger partial charge in [-0.3, -0.25) is 10.1 Å². The maximum atomic E-state index is 14.6. The minimum Gasteiger partial charge on any atom is -0.370 e. The van der Waals surface area contributed by atoms with E-state index in [0.717, 1.165) is 25.9 Å². The predicted octanol–water partition coefficient (Wildman–Crippen LogP) is 4.93. The van der Waals surface area contributed by atoms with Crippen molar-refractivity contribution in [2.45, 2.75) is 33.1 Å². The van der Waals surface area contributed by atoms with Crippen LogP contribution in [0.5, 0.6) is 0 Å². The van der Waals surface area contributed by atoms with Crippen LogP contribution in [0.2, 0.25) is 0 Å². The lowest BCUT2D eigenvalue weighted by Crippen LogP contribution is -2.30. The Morgan fingerprint density at radius 3 is 2.61 bits per heavy atom. The highest BCUT2D eigenvalue weighted by Crippen LogP contribution is 2.30. The van der Waals surface area contributed by atoms with Crippen LogP contribution in [0.3, 0.4) is 0 Å². The fraction of sp³-hybridized carbons (Fsp3) is 0.450. The smallest absolute Gasteiger partial charge is 0.311 e. The highest BCUT2D eigenvalue weighted by molar-refractivity contribution is 5.69. The number of pyridine rings is 1. The largest absolute Gasteiger partial charge is 0.370 e. The van der Waals surface area contributed by atoms with E-state index < -0.39 is 4.92 Å². The van der Waals surface area contributed by atoms with Gasteiger partial charge in [-0.1, -0.05) is 13.8 Å². The lowest BCUT2D eigenvalue weighted by Gasteiger charge is -2.29. The number of piperidine rings is 1. The van der Waals surface area contributed by atoms with Crippen molar-refractivity contribution in [2.75, 3.05) is 35.2 Å². The molecule has 0 radical (unpaired) electrons. The number of nitrogens with zero attached hydrogens (tertiary/aromatic N) is 3. The summed E-state index contributed by atoms with van der Waals surface area (Å²) in [5.41, 5.74) is 0.838. The Bertz CT molecular complexity index is 837. The van der Waals surface area contributed by atoms with E-state index in [1.165, 1.54) is 18.6 Å². The summed E-state index contributed by atoms with van der Waals surface area (Å²) < 4.78 is 14.6. The molecule has 1 aliphatic rings. The van der Waals surface area contributed by atoms with E-state index in [1.54, 1.807) is 18.2 Å². The average molecular weight is 387 g/mol. The Hall–Kier alpha value is -2.90. The van der Waals surface area contributed by atoms with Crippen molar-refractivity contribution in [3.8, 4) is 0 Å². The molecule has 0 atom stereocenters. The van der Waals surface area contributed by atoms with Gasteiger partial charge in [0, 0.05) is 31.4 Å². The van der Waals surface area contributed by atoms with Crippen LogP contribution in [0.15, 0.2) is 30.3 Å². The molecule has 0 aliphatic carbocycles. The quantitative estimate of drug-likeness (QED) is 0.518. The minimum absolute atomic E-state index is 0.0869. The highest BCUT2D eigenvalue weighted by Gasteiger charge is 2.19. The lowest BCUT2D eigenvalue weighted by molar-refractivity contribution is -0.384. The first-order valence-corrected chi connectivity index (χ1v) is 9.65. The number of aromatic nitrogens is 1. The number of hydrogen-bond acceptors (Lipinski definition) is 6. The molecular weight excluding hydrogens is 361 g/mol. The minimum atomic E-state index is -0.500. The number of halogens is 1. The maximum absolute atomic E-state index is 14.6. The number of hydrogen-bond donors (Lipinski definition) is 2. The summed E-state index contributed by atoms with van der Waals surface area (Å²) in [5, 5.41) is 17.4. The first-order chi connectivity index (χ1) is 13.4. The van der Waals surface area contributed by atoms with Gasteiger partial charge in [0.25, 0.3) is 0 Å². The Balaban J connectivity index is 1.82. The molecule has 0 unspecified atom stereocenters. The first-order valence-electron chi connectivity index (χ1n) is 9.65. The second-order valence-corrected chi connectivity index (χ2v) is 7.43.